The van der Waals surface area contributed by atoms with Crippen LogP contribution in [0.1, 0.15) is 18.1 Å². The van der Waals surface area contributed by atoms with Crippen LogP contribution in [-0.2, 0) is 14.6 Å². The van der Waals surface area contributed by atoms with Gasteiger partial charge in [0, 0.05) is 30.9 Å². The number of nitriles is 1. The molecule has 0 amide bonds. The van der Waals surface area contributed by atoms with Gasteiger partial charge >= 0.3 is 0 Å². The van der Waals surface area contributed by atoms with E-state index in [0.717, 1.165) is 5.69 Å². The summed E-state index contributed by atoms with van der Waals surface area (Å²) in [6.07, 6.45) is 0. The number of azo groups is 1. The Hall–Kier alpha value is -3.93. The Balaban J connectivity index is 1.87. The van der Waals surface area contributed by atoms with E-state index in [1.165, 1.54) is 12.1 Å². The maximum atomic E-state index is 12.8. The third-order valence-corrected chi connectivity index (χ3v) is 8.05. The maximum absolute atomic E-state index is 12.8. The highest BCUT2D eigenvalue weighted by Gasteiger charge is 2.19. The number of rotatable bonds is 17. The lowest BCUT2D eigenvalue weighted by molar-refractivity contribution is 0.0992. The Kier molecular flexibility index (Phi) is 12.8. The molecule has 1 aromatic heterocycles. The van der Waals surface area contributed by atoms with Gasteiger partial charge in [0.15, 0.2) is 15.7 Å². The van der Waals surface area contributed by atoms with Gasteiger partial charge in [-0.2, -0.15) is 10.4 Å². The van der Waals surface area contributed by atoms with Crippen LogP contribution in [0.4, 0.5) is 28.7 Å². The Bertz CT molecular complexity index is 1460. The summed E-state index contributed by atoms with van der Waals surface area (Å²) in [6.45, 7) is 5.87. The van der Waals surface area contributed by atoms with Crippen molar-refractivity contribution in [1.82, 2.24) is 9.88 Å². The summed E-state index contributed by atoms with van der Waals surface area (Å²) in [6, 6.07) is 17.7. The molecule has 0 saturated carbocycles. The van der Waals surface area contributed by atoms with Crippen molar-refractivity contribution in [2.24, 2.45) is 10.2 Å². The second kappa shape index (κ2) is 16.5. The zero-order chi connectivity index (χ0) is 30.4. The normalized spacial score (nSPS) is 11.6. The number of nitrogens with zero attached hydrogens (tertiary/aromatic N) is 5. The van der Waals surface area contributed by atoms with Gasteiger partial charge < -0.3 is 30.5 Å². The van der Waals surface area contributed by atoms with Gasteiger partial charge in [-0.3, -0.25) is 0 Å². The van der Waals surface area contributed by atoms with E-state index < -0.39 is 9.84 Å². The molecule has 13 heteroatoms. The SMILES string of the molecule is CCN(CCO)CCS(=O)(=O)c1ccc(/N=N/c2c(Nc3ccccc3)nc(NCCOCCO)c(C#N)c2C)cc1. The van der Waals surface area contributed by atoms with E-state index in [9.17, 15) is 13.7 Å². The summed E-state index contributed by atoms with van der Waals surface area (Å²) < 4.78 is 30.9. The molecule has 0 aliphatic rings. The lowest BCUT2D eigenvalue weighted by Crippen LogP contribution is -2.31. The number of hydrogen-bond acceptors (Lipinski definition) is 12. The predicted molar refractivity (Wildman–Crippen MR) is 162 cm³/mol. The van der Waals surface area contributed by atoms with E-state index in [1.807, 2.05) is 42.2 Å². The van der Waals surface area contributed by atoms with Crippen molar-refractivity contribution < 1.29 is 23.4 Å². The molecule has 0 saturated heterocycles. The molecule has 0 aliphatic carbocycles. The van der Waals surface area contributed by atoms with Gasteiger partial charge in [0.1, 0.15) is 17.6 Å². The molecular formula is C29H37N7O5S. The van der Waals surface area contributed by atoms with Crippen molar-refractivity contribution in [2.45, 2.75) is 18.7 Å². The zero-order valence-electron chi connectivity index (χ0n) is 23.8. The molecule has 42 heavy (non-hydrogen) atoms. The number of anilines is 3. The quantitative estimate of drug-likeness (QED) is 0.132. The number of para-hydroxylation sites is 1. The summed E-state index contributed by atoms with van der Waals surface area (Å²) >= 11 is 0. The molecule has 12 nitrogen and oxygen atoms in total. The lowest BCUT2D eigenvalue weighted by atomic mass is 10.1. The minimum Gasteiger partial charge on any atom is -0.395 e. The molecule has 2 aromatic carbocycles. The molecule has 3 rings (SSSR count). The fraction of sp³-hybridized carbons (Fsp3) is 0.379. The second-order valence-corrected chi connectivity index (χ2v) is 11.3. The Morgan fingerprint density at radius 1 is 1.00 bits per heavy atom. The number of hydrogen-bond donors (Lipinski definition) is 4. The Labute approximate surface area is 246 Å². The number of ether oxygens (including phenoxy) is 1. The molecule has 0 radical (unpaired) electrons. The van der Waals surface area contributed by atoms with Crippen molar-refractivity contribution in [2.75, 3.05) is 69.0 Å². The van der Waals surface area contributed by atoms with Gasteiger partial charge in [-0.05, 0) is 49.9 Å². The summed E-state index contributed by atoms with van der Waals surface area (Å²) in [4.78, 5) is 6.68. The van der Waals surface area contributed by atoms with E-state index in [1.54, 1.807) is 19.1 Å². The van der Waals surface area contributed by atoms with Crippen LogP contribution in [0, 0.1) is 18.3 Å². The predicted octanol–water partition coefficient (Wildman–Crippen LogP) is 3.93. The van der Waals surface area contributed by atoms with Crippen molar-refractivity contribution in [3.05, 3.63) is 65.7 Å². The third kappa shape index (κ3) is 9.30. The number of pyridine rings is 1. The average molecular weight is 596 g/mol. The van der Waals surface area contributed by atoms with E-state index >= 15 is 0 Å². The first kappa shape index (κ1) is 32.6. The van der Waals surface area contributed by atoms with Crippen LogP contribution in [0.25, 0.3) is 0 Å². The first-order valence-corrected chi connectivity index (χ1v) is 15.2. The maximum Gasteiger partial charge on any atom is 0.179 e. The summed E-state index contributed by atoms with van der Waals surface area (Å²) in [5.41, 5.74) is 2.40. The van der Waals surface area contributed by atoms with Crippen LogP contribution in [0.15, 0.2) is 69.7 Å². The highest BCUT2D eigenvalue weighted by atomic mass is 32.2. The summed E-state index contributed by atoms with van der Waals surface area (Å²) in [5, 5.41) is 43.0. The molecule has 0 bridgehead atoms. The number of likely N-dealkylation sites (N-methyl/N-ethyl adjacent to an activating group) is 1. The van der Waals surface area contributed by atoms with Crippen LogP contribution in [-0.4, -0.2) is 86.9 Å². The number of aliphatic hydroxyl groups excluding tert-OH is 2. The van der Waals surface area contributed by atoms with Crippen molar-refractivity contribution in [1.29, 1.82) is 5.26 Å². The first-order chi connectivity index (χ1) is 20.3. The fourth-order valence-electron chi connectivity index (χ4n) is 4.00. The zero-order valence-corrected chi connectivity index (χ0v) is 24.6. The number of nitrogens with one attached hydrogen (secondary N) is 2. The van der Waals surface area contributed by atoms with E-state index in [0.29, 0.717) is 66.9 Å². The highest BCUT2D eigenvalue weighted by molar-refractivity contribution is 7.91. The van der Waals surface area contributed by atoms with E-state index in [2.05, 4.69) is 31.9 Å². The monoisotopic (exact) mass is 595 g/mol. The van der Waals surface area contributed by atoms with Gasteiger partial charge in [-0.1, -0.05) is 25.1 Å². The van der Waals surface area contributed by atoms with Crippen molar-refractivity contribution >= 4 is 38.5 Å². The number of aromatic nitrogens is 1. The van der Waals surface area contributed by atoms with Crippen LogP contribution in [0.5, 0.6) is 0 Å². The van der Waals surface area contributed by atoms with Gasteiger partial charge in [0.25, 0.3) is 0 Å². The fourth-order valence-corrected chi connectivity index (χ4v) is 5.28. The molecule has 0 unspecified atom stereocenters. The Morgan fingerprint density at radius 2 is 1.74 bits per heavy atom. The van der Waals surface area contributed by atoms with Crippen LogP contribution in [0.3, 0.4) is 0 Å². The molecule has 4 N–H and O–H groups in total. The molecule has 3 aromatic rings. The largest absolute Gasteiger partial charge is 0.395 e. The van der Waals surface area contributed by atoms with Crippen molar-refractivity contribution in [3.63, 3.8) is 0 Å². The lowest BCUT2D eigenvalue weighted by Gasteiger charge is -2.18. The molecule has 224 valence electrons. The summed E-state index contributed by atoms with van der Waals surface area (Å²) in [7, 11) is -3.52. The number of benzene rings is 2. The number of aliphatic hydroxyl groups is 2. The standard InChI is InChI=1S/C29H37N7O5S/c1-3-36(14-16-37)15-20-42(39,40)25-11-9-24(10-12-25)34-35-27-22(2)26(21-30)28(31-13-18-41-19-17-38)33-29(27)32-23-7-5-4-6-8-23/h4-12,37-38H,3,13-20H2,1-2H3,(H2,31,32,33)/b35-34+. The smallest absolute Gasteiger partial charge is 0.179 e. The molecule has 0 atom stereocenters. The topological polar surface area (TPSA) is 173 Å². The molecule has 0 aliphatic heterocycles. The van der Waals surface area contributed by atoms with Gasteiger partial charge in [-0.15, -0.1) is 5.11 Å². The first-order valence-electron chi connectivity index (χ1n) is 13.6. The minimum absolute atomic E-state index is 0.0271. The molecule has 1 heterocycles. The average Bonchev–Trinajstić information content (AvgIpc) is 2.99. The third-order valence-electron chi connectivity index (χ3n) is 6.34. The van der Waals surface area contributed by atoms with Crippen molar-refractivity contribution in [3.8, 4) is 6.07 Å². The minimum atomic E-state index is -3.52. The van der Waals surface area contributed by atoms with Crippen LogP contribution >= 0.6 is 0 Å². The van der Waals surface area contributed by atoms with Gasteiger partial charge in [-0.25, -0.2) is 13.4 Å². The van der Waals surface area contributed by atoms with Gasteiger partial charge in [0.05, 0.1) is 48.3 Å². The van der Waals surface area contributed by atoms with Crippen LogP contribution < -0.4 is 10.6 Å². The summed E-state index contributed by atoms with van der Waals surface area (Å²) in [5.74, 6) is 0.671. The van der Waals surface area contributed by atoms with E-state index in [4.69, 9.17) is 14.9 Å². The Morgan fingerprint density at radius 3 is 2.38 bits per heavy atom. The molecule has 0 spiro atoms. The molecule has 0 fully saturated rings. The second-order valence-electron chi connectivity index (χ2n) is 9.19. The van der Waals surface area contributed by atoms with Gasteiger partial charge in [0.2, 0.25) is 0 Å². The highest BCUT2D eigenvalue weighted by Crippen LogP contribution is 2.36. The van der Waals surface area contributed by atoms with E-state index in [-0.39, 0.29) is 30.5 Å². The molecular weight excluding hydrogens is 558 g/mol. The number of sulfone groups is 1. The van der Waals surface area contributed by atoms with Crippen LogP contribution in [0.2, 0.25) is 0 Å².